The van der Waals surface area contributed by atoms with Gasteiger partial charge in [-0.05, 0) is 24.7 Å². The first kappa shape index (κ1) is 21.0. The highest BCUT2D eigenvalue weighted by Gasteiger charge is 2.52. The van der Waals surface area contributed by atoms with E-state index in [1.165, 1.54) is 0 Å². The molecule has 0 bridgehead atoms. The van der Waals surface area contributed by atoms with Crippen LogP contribution in [0.3, 0.4) is 0 Å². The molecule has 170 valence electrons. The summed E-state index contributed by atoms with van der Waals surface area (Å²) in [5.41, 5.74) is 1.72. The first-order valence-electron chi connectivity index (χ1n) is 11.0. The van der Waals surface area contributed by atoms with Gasteiger partial charge in [0, 0.05) is 43.5 Å². The van der Waals surface area contributed by atoms with E-state index >= 15 is 0 Å². The van der Waals surface area contributed by atoms with Crippen molar-refractivity contribution in [1.82, 2.24) is 9.91 Å². The molecule has 5 rings (SSSR count). The maximum Gasteiger partial charge on any atom is 0.387 e. The molecule has 0 unspecified atom stereocenters. The van der Waals surface area contributed by atoms with Crippen LogP contribution in [0, 0.1) is 0 Å². The topological polar surface area (TPSA) is 46.5 Å². The molecule has 3 aliphatic rings. The molecule has 32 heavy (non-hydrogen) atoms. The van der Waals surface area contributed by atoms with Crippen molar-refractivity contribution in [2.45, 2.75) is 44.6 Å². The molecule has 6 nitrogen and oxygen atoms in total. The lowest BCUT2D eigenvalue weighted by atomic mass is 9.90. The molecular formula is C24H27F2N3O3. The fraction of sp³-hybridized carbons (Fsp3) is 0.458. The van der Waals surface area contributed by atoms with Crippen LogP contribution >= 0.6 is 0 Å². The molecule has 1 atom stereocenters. The lowest BCUT2D eigenvalue weighted by Gasteiger charge is -2.51. The second-order valence-electron chi connectivity index (χ2n) is 8.35. The van der Waals surface area contributed by atoms with Crippen molar-refractivity contribution >= 4 is 5.71 Å². The molecule has 1 fully saturated rings. The van der Waals surface area contributed by atoms with Gasteiger partial charge in [-0.3, -0.25) is 0 Å². The first-order valence-corrected chi connectivity index (χ1v) is 11.0. The van der Waals surface area contributed by atoms with E-state index in [-0.39, 0.29) is 11.8 Å². The number of methoxy groups -OCH3 is 1. The second-order valence-corrected chi connectivity index (χ2v) is 8.35. The Balaban J connectivity index is 1.57. The molecule has 0 saturated carbocycles. The van der Waals surface area contributed by atoms with Crippen molar-refractivity contribution in [1.29, 1.82) is 0 Å². The summed E-state index contributed by atoms with van der Waals surface area (Å²) in [6.45, 7) is 2.07. The summed E-state index contributed by atoms with van der Waals surface area (Å²) in [4.78, 5) is 2.40. The van der Waals surface area contributed by atoms with E-state index < -0.39 is 12.3 Å². The van der Waals surface area contributed by atoms with E-state index in [1.54, 1.807) is 25.3 Å². The zero-order valence-electron chi connectivity index (χ0n) is 18.3. The van der Waals surface area contributed by atoms with Gasteiger partial charge in [0.15, 0.2) is 11.5 Å². The van der Waals surface area contributed by atoms with Gasteiger partial charge in [0.05, 0.1) is 18.9 Å². The number of likely N-dealkylation sites (tertiary alicyclic amines) is 1. The maximum atomic E-state index is 13.0. The van der Waals surface area contributed by atoms with E-state index in [0.717, 1.165) is 49.5 Å². The van der Waals surface area contributed by atoms with E-state index in [0.29, 0.717) is 17.7 Å². The third-order valence-corrected chi connectivity index (χ3v) is 6.71. The number of ether oxygens (including phenoxy) is 3. The van der Waals surface area contributed by atoms with Crippen molar-refractivity contribution in [2.24, 2.45) is 5.10 Å². The number of benzene rings is 2. The number of alkyl halides is 2. The van der Waals surface area contributed by atoms with Gasteiger partial charge >= 0.3 is 6.61 Å². The van der Waals surface area contributed by atoms with Crippen molar-refractivity contribution in [2.75, 3.05) is 26.7 Å². The summed E-state index contributed by atoms with van der Waals surface area (Å²) in [5, 5.41) is 7.04. The number of halogens is 2. The SMILES string of the molecule is CCN1CCC2(CC1)Oc1c(OC)cccc1[C@@H]1CC(c3ccccc3OC(F)F)=NN12. The molecule has 0 aromatic heterocycles. The van der Waals surface area contributed by atoms with Crippen molar-refractivity contribution in [3.05, 3.63) is 53.6 Å². The summed E-state index contributed by atoms with van der Waals surface area (Å²) in [6, 6.07) is 12.7. The Morgan fingerprint density at radius 2 is 1.88 bits per heavy atom. The van der Waals surface area contributed by atoms with Crippen molar-refractivity contribution < 1.29 is 23.0 Å². The lowest BCUT2D eigenvalue weighted by Crippen LogP contribution is -2.59. The van der Waals surface area contributed by atoms with Crippen LogP contribution in [0.15, 0.2) is 47.6 Å². The van der Waals surface area contributed by atoms with E-state index in [4.69, 9.17) is 19.3 Å². The van der Waals surface area contributed by atoms with Crippen molar-refractivity contribution in [3.8, 4) is 17.2 Å². The van der Waals surface area contributed by atoms with Gasteiger partial charge in [0.2, 0.25) is 5.72 Å². The Bertz CT molecular complexity index is 1020. The third kappa shape index (κ3) is 3.46. The van der Waals surface area contributed by atoms with Crippen LogP contribution < -0.4 is 14.2 Å². The summed E-state index contributed by atoms with van der Waals surface area (Å²) in [7, 11) is 1.65. The van der Waals surface area contributed by atoms with Crippen LogP contribution in [0.25, 0.3) is 0 Å². The highest BCUT2D eigenvalue weighted by Crippen LogP contribution is 2.53. The van der Waals surface area contributed by atoms with Crippen molar-refractivity contribution in [3.63, 3.8) is 0 Å². The predicted octanol–water partition coefficient (Wildman–Crippen LogP) is 4.65. The number of para-hydroxylation sites is 2. The number of fused-ring (bicyclic) bond motifs is 4. The first-order chi connectivity index (χ1) is 15.5. The minimum absolute atomic E-state index is 0.0587. The molecular weight excluding hydrogens is 416 g/mol. The Hall–Kier alpha value is -2.87. The molecule has 0 radical (unpaired) electrons. The molecule has 0 N–H and O–H groups in total. The Kier molecular flexibility index (Phi) is 5.41. The van der Waals surface area contributed by atoms with Gasteiger partial charge in [-0.1, -0.05) is 31.2 Å². The van der Waals surface area contributed by atoms with Gasteiger partial charge in [-0.25, -0.2) is 5.01 Å². The standard InChI is InChI=1S/C24H27F2N3O3/c1-3-28-13-11-24(12-14-28)29-19(17-8-6-10-21(30-2)22(17)32-24)15-18(27-29)16-7-4-5-9-20(16)31-23(25)26/h4-10,19,23H,3,11-15H2,1-2H3/t19-/m0/s1. The summed E-state index contributed by atoms with van der Waals surface area (Å²) in [5.74, 6) is 1.60. The number of rotatable bonds is 5. The highest BCUT2D eigenvalue weighted by atomic mass is 19.3. The Labute approximate surface area is 186 Å². The fourth-order valence-corrected chi connectivity index (χ4v) is 5.05. The number of hydrogen-bond donors (Lipinski definition) is 0. The van der Waals surface area contributed by atoms with Crippen LogP contribution in [0.5, 0.6) is 17.2 Å². The van der Waals surface area contributed by atoms with Crippen LogP contribution in [0.1, 0.15) is 43.4 Å². The molecule has 1 saturated heterocycles. The van der Waals surface area contributed by atoms with Gasteiger partial charge in [-0.15, -0.1) is 0 Å². The Morgan fingerprint density at radius 1 is 1.12 bits per heavy atom. The molecule has 0 aliphatic carbocycles. The molecule has 0 amide bonds. The monoisotopic (exact) mass is 443 g/mol. The Morgan fingerprint density at radius 3 is 2.59 bits per heavy atom. The van der Waals surface area contributed by atoms with Crippen LogP contribution in [-0.4, -0.2) is 54.7 Å². The van der Waals surface area contributed by atoms with Crippen LogP contribution in [0.4, 0.5) is 8.78 Å². The molecule has 3 aliphatic heterocycles. The number of nitrogens with zero attached hydrogens (tertiary/aromatic N) is 3. The summed E-state index contributed by atoms with van der Waals surface area (Å²) in [6.07, 6.45) is 2.16. The summed E-state index contributed by atoms with van der Waals surface area (Å²) < 4.78 is 43.1. The number of hydrazone groups is 1. The van der Waals surface area contributed by atoms with E-state index in [2.05, 4.69) is 16.8 Å². The molecule has 2 aromatic rings. The number of hydrogen-bond acceptors (Lipinski definition) is 6. The second kappa shape index (κ2) is 8.24. The molecule has 1 spiro atoms. The molecule has 8 heteroatoms. The van der Waals surface area contributed by atoms with E-state index in [1.807, 2.05) is 24.3 Å². The smallest absolute Gasteiger partial charge is 0.387 e. The van der Waals surface area contributed by atoms with Gasteiger partial charge in [0.1, 0.15) is 5.75 Å². The summed E-state index contributed by atoms with van der Waals surface area (Å²) >= 11 is 0. The minimum Gasteiger partial charge on any atom is -0.493 e. The quantitative estimate of drug-likeness (QED) is 0.673. The minimum atomic E-state index is -2.89. The van der Waals surface area contributed by atoms with Crippen LogP contribution in [0.2, 0.25) is 0 Å². The average Bonchev–Trinajstić information content (AvgIpc) is 3.26. The highest BCUT2D eigenvalue weighted by molar-refractivity contribution is 6.04. The maximum absolute atomic E-state index is 13.0. The third-order valence-electron chi connectivity index (χ3n) is 6.71. The zero-order chi connectivity index (χ0) is 22.3. The molecule has 3 heterocycles. The molecule has 2 aromatic carbocycles. The fourth-order valence-electron chi connectivity index (χ4n) is 5.05. The van der Waals surface area contributed by atoms with E-state index in [9.17, 15) is 8.78 Å². The largest absolute Gasteiger partial charge is 0.493 e. The van der Waals surface area contributed by atoms with Gasteiger partial charge < -0.3 is 19.1 Å². The lowest BCUT2D eigenvalue weighted by molar-refractivity contribution is -0.150. The predicted molar refractivity (Wildman–Crippen MR) is 117 cm³/mol. The van der Waals surface area contributed by atoms with Crippen LogP contribution in [-0.2, 0) is 0 Å². The number of piperidine rings is 1. The zero-order valence-corrected chi connectivity index (χ0v) is 18.3. The normalized spacial score (nSPS) is 21.7. The average molecular weight is 443 g/mol. The van der Waals surface area contributed by atoms with Gasteiger partial charge in [-0.2, -0.15) is 13.9 Å². The van der Waals surface area contributed by atoms with Gasteiger partial charge in [0.25, 0.3) is 0 Å².